The van der Waals surface area contributed by atoms with Crippen molar-refractivity contribution in [2.75, 3.05) is 11.1 Å². The first-order valence-electron chi connectivity index (χ1n) is 4.48. The Labute approximate surface area is 91.2 Å². The molecular formula is C10H10N2O2S. The van der Waals surface area contributed by atoms with Gasteiger partial charge in [-0.05, 0) is 17.7 Å². The summed E-state index contributed by atoms with van der Waals surface area (Å²) in [6.45, 7) is 0. The van der Waals surface area contributed by atoms with Crippen molar-refractivity contribution in [2.24, 2.45) is 5.73 Å². The van der Waals surface area contributed by atoms with Gasteiger partial charge in [0.25, 0.3) is 0 Å². The lowest BCUT2D eigenvalue weighted by atomic mass is 10.1. The van der Waals surface area contributed by atoms with Gasteiger partial charge < -0.3 is 15.8 Å². The number of nitrogens with one attached hydrogen (secondary N) is 1. The molecule has 0 aromatic heterocycles. The normalized spacial score (nSPS) is 16.5. The van der Waals surface area contributed by atoms with Gasteiger partial charge in [0, 0.05) is 4.90 Å². The van der Waals surface area contributed by atoms with Gasteiger partial charge in [-0.15, -0.1) is 11.8 Å². The molecule has 1 atom stereocenters. The monoisotopic (exact) mass is 222 g/mol. The molecule has 1 unspecified atom stereocenters. The molecule has 1 aliphatic rings. The van der Waals surface area contributed by atoms with Gasteiger partial charge in [-0.25, -0.2) is 0 Å². The molecule has 0 bridgehead atoms. The summed E-state index contributed by atoms with van der Waals surface area (Å²) < 4.78 is 0. The highest BCUT2D eigenvalue weighted by molar-refractivity contribution is 8.00. The Bertz CT molecular complexity index is 420. The molecule has 0 saturated heterocycles. The number of benzene rings is 1. The van der Waals surface area contributed by atoms with Crippen molar-refractivity contribution < 1.29 is 9.59 Å². The number of amides is 1. The van der Waals surface area contributed by atoms with E-state index in [2.05, 4.69) is 5.32 Å². The van der Waals surface area contributed by atoms with Gasteiger partial charge in [-0.3, -0.25) is 4.79 Å². The summed E-state index contributed by atoms with van der Waals surface area (Å²) in [4.78, 5) is 22.7. The topological polar surface area (TPSA) is 72.2 Å². The first-order valence-corrected chi connectivity index (χ1v) is 5.47. The molecule has 3 N–H and O–H groups in total. The van der Waals surface area contributed by atoms with E-state index in [9.17, 15) is 9.59 Å². The van der Waals surface area contributed by atoms with Gasteiger partial charge in [-0.2, -0.15) is 0 Å². The van der Waals surface area contributed by atoms with E-state index in [0.29, 0.717) is 17.6 Å². The maximum absolute atomic E-state index is 11.1. The van der Waals surface area contributed by atoms with E-state index in [1.807, 2.05) is 12.1 Å². The van der Waals surface area contributed by atoms with Crippen LogP contribution in [-0.2, 0) is 9.59 Å². The molecular weight excluding hydrogens is 212 g/mol. The molecule has 0 saturated carbocycles. The highest BCUT2D eigenvalue weighted by Gasteiger charge is 2.16. The minimum Gasteiger partial charge on any atom is -0.324 e. The first kappa shape index (κ1) is 10.2. The fraction of sp³-hybridized carbons (Fsp3) is 0.200. The summed E-state index contributed by atoms with van der Waals surface area (Å²) in [7, 11) is 0. The zero-order valence-corrected chi connectivity index (χ0v) is 8.71. The summed E-state index contributed by atoms with van der Waals surface area (Å²) in [5.41, 5.74) is 7.03. The van der Waals surface area contributed by atoms with Crippen LogP contribution in [0.15, 0.2) is 23.1 Å². The molecule has 15 heavy (non-hydrogen) atoms. The fourth-order valence-electron chi connectivity index (χ4n) is 1.39. The maximum Gasteiger partial charge on any atom is 0.234 e. The summed E-state index contributed by atoms with van der Waals surface area (Å²) in [5, 5.41) is 2.75. The minimum absolute atomic E-state index is 0.0238. The van der Waals surface area contributed by atoms with Crippen LogP contribution in [0.4, 0.5) is 5.69 Å². The van der Waals surface area contributed by atoms with Crippen LogP contribution in [0.3, 0.4) is 0 Å². The Hall–Kier alpha value is -1.33. The molecule has 5 heteroatoms. The maximum atomic E-state index is 11.1. The van der Waals surface area contributed by atoms with Crippen LogP contribution >= 0.6 is 11.8 Å². The second-order valence-electron chi connectivity index (χ2n) is 3.25. The molecule has 1 aromatic carbocycles. The summed E-state index contributed by atoms with van der Waals surface area (Å²) >= 11 is 1.48. The molecule has 2 rings (SSSR count). The highest BCUT2D eigenvalue weighted by Crippen LogP contribution is 2.32. The number of rotatable bonds is 2. The quantitative estimate of drug-likeness (QED) is 0.730. The van der Waals surface area contributed by atoms with Crippen LogP contribution in [0, 0.1) is 0 Å². The number of fused-ring (bicyclic) bond motifs is 1. The number of thioether (sulfide) groups is 1. The Morgan fingerprint density at radius 1 is 1.53 bits per heavy atom. The van der Waals surface area contributed by atoms with Gasteiger partial charge in [-0.1, -0.05) is 6.07 Å². The zero-order chi connectivity index (χ0) is 10.8. The second kappa shape index (κ2) is 4.04. The lowest BCUT2D eigenvalue weighted by Gasteiger charge is -2.17. The third-order valence-corrected chi connectivity index (χ3v) is 3.24. The van der Waals surface area contributed by atoms with Crippen molar-refractivity contribution in [1.29, 1.82) is 0 Å². The smallest absolute Gasteiger partial charge is 0.234 e. The molecule has 1 aromatic rings. The van der Waals surface area contributed by atoms with Crippen LogP contribution in [0.25, 0.3) is 0 Å². The average Bonchev–Trinajstić information content (AvgIpc) is 2.27. The number of carbonyl (C=O) groups is 2. The van der Waals surface area contributed by atoms with Gasteiger partial charge in [0.15, 0.2) is 0 Å². The largest absolute Gasteiger partial charge is 0.324 e. The van der Waals surface area contributed by atoms with E-state index in [1.54, 1.807) is 6.07 Å². The van der Waals surface area contributed by atoms with Crippen molar-refractivity contribution in [2.45, 2.75) is 10.9 Å². The number of hydrogen-bond acceptors (Lipinski definition) is 4. The van der Waals surface area contributed by atoms with Crippen LogP contribution in [0.1, 0.15) is 11.6 Å². The van der Waals surface area contributed by atoms with Crippen molar-refractivity contribution in [3.63, 3.8) is 0 Å². The van der Waals surface area contributed by atoms with Crippen LogP contribution < -0.4 is 11.1 Å². The number of nitrogens with two attached hydrogens (primary N) is 1. The fourth-order valence-corrected chi connectivity index (χ4v) is 2.18. The Morgan fingerprint density at radius 2 is 2.33 bits per heavy atom. The molecule has 4 nitrogen and oxygen atoms in total. The molecule has 1 amide bonds. The minimum atomic E-state index is -0.626. The number of anilines is 1. The van der Waals surface area contributed by atoms with E-state index in [-0.39, 0.29) is 5.91 Å². The number of aldehydes is 1. The van der Waals surface area contributed by atoms with Gasteiger partial charge in [0.2, 0.25) is 5.91 Å². The predicted octanol–water partition coefficient (Wildman–Crippen LogP) is 0.929. The number of carbonyl (C=O) groups excluding carboxylic acids is 2. The van der Waals surface area contributed by atoms with E-state index in [4.69, 9.17) is 5.73 Å². The Balaban J connectivity index is 2.36. The van der Waals surface area contributed by atoms with Gasteiger partial charge in [0.1, 0.15) is 6.29 Å². The lowest BCUT2D eigenvalue weighted by Crippen LogP contribution is -2.19. The van der Waals surface area contributed by atoms with E-state index >= 15 is 0 Å². The molecule has 78 valence electrons. The Kier molecular flexibility index (Phi) is 2.75. The highest BCUT2D eigenvalue weighted by atomic mass is 32.2. The van der Waals surface area contributed by atoms with Gasteiger partial charge in [0.05, 0.1) is 17.5 Å². The first-order chi connectivity index (χ1) is 7.20. The van der Waals surface area contributed by atoms with E-state index < -0.39 is 6.04 Å². The molecule has 0 radical (unpaired) electrons. The summed E-state index contributed by atoms with van der Waals surface area (Å²) in [6, 6.07) is 4.80. The van der Waals surface area contributed by atoms with E-state index in [1.165, 1.54) is 11.8 Å². The van der Waals surface area contributed by atoms with Crippen molar-refractivity contribution in [1.82, 2.24) is 0 Å². The SMILES string of the molecule is NC(C=O)c1ccc2c(c1)NC(=O)CS2. The lowest BCUT2D eigenvalue weighted by molar-refractivity contribution is -0.114. The van der Waals surface area contributed by atoms with Crippen LogP contribution in [-0.4, -0.2) is 17.9 Å². The molecule has 0 aliphatic carbocycles. The third kappa shape index (κ3) is 2.03. The molecule has 0 fully saturated rings. The van der Waals surface area contributed by atoms with Crippen molar-refractivity contribution in [3.8, 4) is 0 Å². The Morgan fingerprint density at radius 3 is 3.07 bits per heavy atom. The zero-order valence-electron chi connectivity index (χ0n) is 7.90. The summed E-state index contributed by atoms with van der Waals surface area (Å²) in [5.74, 6) is 0.413. The predicted molar refractivity (Wildman–Crippen MR) is 58.8 cm³/mol. The van der Waals surface area contributed by atoms with Crippen molar-refractivity contribution in [3.05, 3.63) is 23.8 Å². The summed E-state index contributed by atoms with van der Waals surface area (Å²) in [6.07, 6.45) is 0.680. The second-order valence-corrected chi connectivity index (χ2v) is 4.27. The van der Waals surface area contributed by atoms with Crippen LogP contribution in [0.5, 0.6) is 0 Å². The average molecular weight is 222 g/mol. The molecule has 1 aliphatic heterocycles. The van der Waals surface area contributed by atoms with Crippen LogP contribution in [0.2, 0.25) is 0 Å². The molecule has 0 spiro atoms. The standard InChI is InChI=1S/C10H10N2O2S/c11-7(4-13)6-1-2-9-8(3-6)12-10(14)5-15-9/h1-4,7H,5,11H2,(H,12,14). The van der Waals surface area contributed by atoms with E-state index in [0.717, 1.165) is 10.6 Å². The third-order valence-electron chi connectivity index (χ3n) is 2.17. The van der Waals surface area contributed by atoms with Gasteiger partial charge >= 0.3 is 0 Å². The molecule has 1 heterocycles. The van der Waals surface area contributed by atoms with Crippen molar-refractivity contribution >= 4 is 29.6 Å². The number of hydrogen-bond donors (Lipinski definition) is 2.